The molecule has 1 amide bonds. The number of fused-ring (bicyclic) bond motifs is 5. The Kier molecular flexibility index (Phi) is 6.68. The zero-order valence-electron chi connectivity index (χ0n) is 20.1. The van der Waals surface area contributed by atoms with Gasteiger partial charge in [0.15, 0.2) is 0 Å². The summed E-state index contributed by atoms with van der Waals surface area (Å²) in [5.74, 6) is 1.66. The molecule has 0 aromatic heterocycles. The molecule has 0 aromatic carbocycles. The van der Waals surface area contributed by atoms with Crippen LogP contribution in [0.4, 0.5) is 0 Å². The van der Waals surface area contributed by atoms with Crippen LogP contribution in [0.2, 0.25) is 0 Å². The lowest BCUT2D eigenvalue weighted by atomic mass is 9.43. The molecular weight excluding hydrogens is 406 g/mol. The first kappa shape index (κ1) is 24.0. The van der Waals surface area contributed by atoms with Crippen LogP contribution < -0.4 is 5.32 Å². The smallest absolute Gasteiger partial charge is 0.322 e. The molecule has 0 saturated heterocycles. The average Bonchev–Trinajstić information content (AvgIpc) is 3.09. The van der Waals surface area contributed by atoms with E-state index in [1.807, 2.05) is 0 Å². The highest BCUT2D eigenvalue weighted by atomic mass is 16.4. The molecule has 0 heterocycles. The molecule has 32 heavy (non-hydrogen) atoms. The van der Waals surface area contributed by atoms with Crippen molar-refractivity contribution < 1.29 is 24.9 Å². The zero-order chi connectivity index (χ0) is 23.3. The third-order valence-electron chi connectivity index (χ3n) is 10.7. The molecule has 4 fully saturated rings. The summed E-state index contributed by atoms with van der Waals surface area (Å²) in [6.45, 7) is 6.83. The van der Waals surface area contributed by atoms with Crippen LogP contribution in [0.1, 0.15) is 85.0 Å². The van der Waals surface area contributed by atoms with Gasteiger partial charge in [-0.15, -0.1) is 0 Å². The number of carbonyl (C=O) groups is 2. The van der Waals surface area contributed by atoms with Crippen molar-refractivity contribution in [1.82, 2.24) is 5.32 Å². The average molecular weight is 450 g/mol. The maximum absolute atomic E-state index is 12.0. The van der Waals surface area contributed by atoms with Crippen LogP contribution in [0, 0.1) is 46.3 Å². The Morgan fingerprint density at radius 2 is 1.69 bits per heavy atom. The molecule has 0 aliphatic heterocycles. The number of carboxylic acid groups (broad SMARTS) is 1. The minimum absolute atomic E-state index is 0.177. The Balaban J connectivity index is 1.44. The van der Waals surface area contributed by atoms with E-state index in [2.05, 4.69) is 26.1 Å². The van der Waals surface area contributed by atoms with E-state index < -0.39 is 5.97 Å². The highest BCUT2D eigenvalue weighted by molar-refractivity contribution is 5.81. The first-order valence-electron chi connectivity index (χ1n) is 12.9. The lowest BCUT2D eigenvalue weighted by Crippen LogP contribution is -2.58. The molecular formula is C26H43NO5. The molecule has 4 rings (SSSR count). The lowest BCUT2D eigenvalue weighted by molar-refractivity contribution is -0.174. The number of carboxylic acids is 1. The van der Waals surface area contributed by atoms with Crippen molar-refractivity contribution in [2.24, 2.45) is 46.3 Å². The van der Waals surface area contributed by atoms with Gasteiger partial charge in [-0.1, -0.05) is 20.8 Å². The Morgan fingerprint density at radius 1 is 1.00 bits per heavy atom. The number of aliphatic hydroxyl groups is 2. The van der Waals surface area contributed by atoms with Gasteiger partial charge in [0.25, 0.3) is 0 Å². The van der Waals surface area contributed by atoms with E-state index in [-0.39, 0.29) is 35.5 Å². The summed E-state index contributed by atoms with van der Waals surface area (Å²) in [5, 5.41) is 32.8. The maximum atomic E-state index is 12.0. The maximum Gasteiger partial charge on any atom is 0.322 e. The SMILES string of the molecule is C[C@@H](CCC(=O)NCC(=O)O)[C@@H]1CC[C@@H]2[C@H]3[C@H](O)C[C@H]4C[C@@H](O)CC[C@]4(C)[C@@H]3CC[C@@]21C. The summed E-state index contributed by atoms with van der Waals surface area (Å²) < 4.78 is 0. The van der Waals surface area contributed by atoms with Gasteiger partial charge in [0.05, 0.1) is 12.2 Å². The molecule has 0 radical (unpaired) electrons. The standard InChI is InChI=1S/C26H43NO5/c1-15(4-7-22(30)27-14-23(31)32)18-5-6-19-24-20(9-11-26(18,19)3)25(2)10-8-17(28)12-16(25)13-21(24)29/h15-21,24,28-29H,4-14H2,1-3H3,(H,27,30)(H,31,32)/t15-,16+,17-,18-,19+,20+,21+,24+,25-,26+/m0/s1. The van der Waals surface area contributed by atoms with Crippen LogP contribution >= 0.6 is 0 Å². The van der Waals surface area contributed by atoms with Gasteiger partial charge in [-0.05, 0) is 104 Å². The van der Waals surface area contributed by atoms with Gasteiger partial charge in [0.1, 0.15) is 6.54 Å². The van der Waals surface area contributed by atoms with E-state index in [1.54, 1.807) is 0 Å². The third kappa shape index (κ3) is 4.11. The van der Waals surface area contributed by atoms with Crippen LogP contribution in [0.15, 0.2) is 0 Å². The molecule has 182 valence electrons. The quantitative estimate of drug-likeness (QED) is 0.496. The van der Waals surface area contributed by atoms with Crippen molar-refractivity contribution in [3.8, 4) is 0 Å². The number of amides is 1. The third-order valence-corrected chi connectivity index (χ3v) is 10.7. The number of aliphatic carboxylic acids is 1. The summed E-state index contributed by atoms with van der Waals surface area (Å²) in [4.78, 5) is 22.7. The molecule has 4 aliphatic rings. The Bertz CT molecular complexity index is 727. The number of hydrogen-bond acceptors (Lipinski definition) is 4. The van der Waals surface area contributed by atoms with E-state index in [0.29, 0.717) is 41.9 Å². The van der Waals surface area contributed by atoms with Crippen molar-refractivity contribution in [1.29, 1.82) is 0 Å². The predicted octanol–water partition coefficient (Wildman–Crippen LogP) is 3.59. The summed E-state index contributed by atoms with van der Waals surface area (Å²) in [6, 6.07) is 0. The molecule has 4 saturated carbocycles. The van der Waals surface area contributed by atoms with Gasteiger partial charge < -0.3 is 20.6 Å². The number of hydrogen-bond donors (Lipinski definition) is 4. The normalized spacial score (nSPS) is 46.5. The van der Waals surface area contributed by atoms with Crippen LogP contribution in [-0.2, 0) is 9.59 Å². The van der Waals surface area contributed by atoms with E-state index in [1.165, 1.54) is 12.8 Å². The van der Waals surface area contributed by atoms with Crippen molar-refractivity contribution in [2.75, 3.05) is 6.54 Å². The number of nitrogens with one attached hydrogen (secondary N) is 1. The van der Waals surface area contributed by atoms with Crippen molar-refractivity contribution >= 4 is 11.9 Å². The van der Waals surface area contributed by atoms with Crippen molar-refractivity contribution in [3.63, 3.8) is 0 Å². The molecule has 6 heteroatoms. The topological polar surface area (TPSA) is 107 Å². The molecule has 0 unspecified atom stereocenters. The second kappa shape index (κ2) is 8.90. The first-order valence-corrected chi connectivity index (χ1v) is 12.9. The van der Waals surface area contributed by atoms with Crippen LogP contribution in [0.3, 0.4) is 0 Å². The van der Waals surface area contributed by atoms with Crippen LogP contribution in [0.5, 0.6) is 0 Å². The molecule has 10 atom stereocenters. The summed E-state index contributed by atoms with van der Waals surface area (Å²) in [7, 11) is 0. The summed E-state index contributed by atoms with van der Waals surface area (Å²) in [6.07, 6.45) is 9.06. The second-order valence-electron chi connectivity index (χ2n) is 12.1. The highest BCUT2D eigenvalue weighted by Crippen LogP contribution is 2.68. The van der Waals surface area contributed by atoms with Gasteiger partial charge in [-0.3, -0.25) is 9.59 Å². The van der Waals surface area contributed by atoms with E-state index in [4.69, 9.17) is 5.11 Å². The van der Waals surface area contributed by atoms with Gasteiger partial charge in [0, 0.05) is 6.42 Å². The first-order chi connectivity index (χ1) is 15.1. The molecule has 0 aromatic rings. The number of carbonyl (C=O) groups excluding carboxylic acids is 1. The fourth-order valence-electron chi connectivity index (χ4n) is 9.00. The van der Waals surface area contributed by atoms with Crippen molar-refractivity contribution in [3.05, 3.63) is 0 Å². The van der Waals surface area contributed by atoms with Gasteiger partial charge in [0.2, 0.25) is 5.91 Å². The van der Waals surface area contributed by atoms with Crippen LogP contribution in [-0.4, -0.2) is 45.9 Å². The second-order valence-corrected chi connectivity index (χ2v) is 12.1. The fraction of sp³-hybridized carbons (Fsp3) is 0.923. The predicted molar refractivity (Wildman–Crippen MR) is 122 cm³/mol. The monoisotopic (exact) mass is 449 g/mol. The lowest BCUT2D eigenvalue weighted by Gasteiger charge is -2.62. The Hall–Kier alpha value is -1.14. The number of rotatable bonds is 6. The van der Waals surface area contributed by atoms with Gasteiger partial charge in [-0.2, -0.15) is 0 Å². The molecule has 4 N–H and O–H groups in total. The van der Waals surface area contributed by atoms with Gasteiger partial charge in [-0.25, -0.2) is 0 Å². The molecule has 0 spiro atoms. The highest BCUT2D eigenvalue weighted by Gasteiger charge is 2.62. The van der Waals surface area contributed by atoms with E-state index in [0.717, 1.165) is 44.9 Å². The van der Waals surface area contributed by atoms with Crippen molar-refractivity contribution in [2.45, 2.75) is 97.2 Å². The fourth-order valence-corrected chi connectivity index (χ4v) is 9.00. The Morgan fingerprint density at radius 3 is 2.41 bits per heavy atom. The van der Waals surface area contributed by atoms with Gasteiger partial charge >= 0.3 is 5.97 Å². The minimum atomic E-state index is -1.01. The van der Waals surface area contributed by atoms with E-state index >= 15 is 0 Å². The molecule has 0 bridgehead atoms. The van der Waals surface area contributed by atoms with E-state index in [9.17, 15) is 19.8 Å². The Labute approximate surface area is 192 Å². The minimum Gasteiger partial charge on any atom is -0.480 e. The summed E-state index contributed by atoms with van der Waals surface area (Å²) in [5.41, 5.74) is 0.451. The summed E-state index contributed by atoms with van der Waals surface area (Å²) >= 11 is 0. The van der Waals surface area contributed by atoms with Crippen LogP contribution in [0.25, 0.3) is 0 Å². The molecule has 6 nitrogen and oxygen atoms in total. The zero-order valence-corrected chi connectivity index (χ0v) is 20.1. The number of aliphatic hydroxyl groups excluding tert-OH is 2. The molecule has 4 aliphatic carbocycles. The largest absolute Gasteiger partial charge is 0.480 e.